The molecule has 1 fully saturated rings. The van der Waals surface area contributed by atoms with Crippen LogP contribution in [-0.2, 0) is 12.7 Å². The third kappa shape index (κ3) is 5.14. The normalized spacial score (nSPS) is 17.7. The Morgan fingerprint density at radius 1 is 1.38 bits per heavy atom. The summed E-state index contributed by atoms with van der Waals surface area (Å²) in [5.41, 5.74) is 0.203. The fourth-order valence-electron chi connectivity index (χ4n) is 3.31. The molecule has 1 unspecified atom stereocenters. The summed E-state index contributed by atoms with van der Waals surface area (Å²) in [5, 5.41) is 6.58. The fourth-order valence-corrected chi connectivity index (χ4v) is 3.60. The third-order valence-electron chi connectivity index (χ3n) is 4.79. The minimum Gasteiger partial charge on any atom is -0.466 e. The molecule has 10 heteroatoms. The molecule has 0 radical (unpaired) electrons. The Balaban J connectivity index is 1.58. The molecule has 3 heterocycles. The zero-order valence-electron chi connectivity index (χ0n) is 16.4. The number of aliphatic imine (C=N–C) groups is 1. The van der Waals surface area contributed by atoms with Gasteiger partial charge in [-0.3, -0.25) is 4.99 Å². The quantitative estimate of drug-likeness (QED) is 0.570. The number of furan rings is 1. The number of halogens is 4. The van der Waals surface area contributed by atoms with E-state index < -0.39 is 11.7 Å². The molecule has 0 aliphatic carbocycles. The lowest BCUT2D eigenvalue weighted by Crippen LogP contribution is -2.44. The summed E-state index contributed by atoms with van der Waals surface area (Å²) in [6.45, 7) is 5.58. The first-order valence-corrected chi connectivity index (χ1v) is 9.56. The summed E-state index contributed by atoms with van der Waals surface area (Å²) in [7, 11) is 1.68. The van der Waals surface area contributed by atoms with Crippen molar-refractivity contribution >= 4 is 23.4 Å². The van der Waals surface area contributed by atoms with Crippen LogP contribution < -0.4 is 15.5 Å². The van der Waals surface area contributed by atoms with Crippen LogP contribution in [0.4, 0.5) is 19.0 Å². The highest BCUT2D eigenvalue weighted by molar-refractivity contribution is 6.33. The number of hydrogen-bond acceptors (Lipinski definition) is 4. The highest BCUT2D eigenvalue weighted by Gasteiger charge is 2.33. The number of pyridine rings is 1. The maximum absolute atomic E-state index is 12.8. The fraction of sp³-hybridized carbons (Fsp3) is 0.474. The Labute approximate surface area is 172 Å². The monoisotopic (exact) mass is 429 g/mol. The molecule has 0 aromatic carbocycles. The molecule has 2 aromatic heterocycles. The Bertz CT molecular complexity index is 896. The average Bonchev–Trinajstić information content (AvgIpc) is 3.23. The molecule has 3 rings (SSSR count). The van der Waals surface area contributed by atoms with Gasteiger partial charge in [-0.15, -0.1) is 0 Å². The Hall–Kier alpha value is -2.42. The molecule has 0 spiro atoms. The van der Waals surface area contributed by atoms with Crippen molar-refractivity contribution in [3.63, 3.8) is 0 Å². The van der Waals surface area contributed by atoms with Gasteiger partial charge in [0.1, 0.15) is 17.3 Å². The number of guanidine groups is 1. The van der Waals surface area contributed by atoms with E-state index in [1.807, 2.05) is 24.8 Å². The number of nitrogens with one attached hydrogen (secondary N) is 2. The maximum atomic E-state index is 12.8. The number of aromatic nitrogens is 1. The molecule has 2 N–H and O–H groups in total. The Kier molecular flexibility index (Phi) is 6.26. The molecule has 0 saturated carbocycles. The van der Waals surface area contributed by atoms with Gasteiger partial charge in [-0.05, 0) is 32.4 Å². The first-order chi connectivity index (χ1) is 13.7. The lowest BCUT2D eigenvalue weighted by molar-refractivity contribution is -0.137. The summed E-state index contributed by atoms with van der Waals surface area (Å²) in [6.07, 6.45) is -2.87. The van der Waals surface area contributed by atoms with Gasteiger partial charge in [-0.1, -0.05) is 11.6 Å². The number of aryl methyl sites for hydroxylation is 2. The minimum absolute atomic E-state index is 0.00575. The van der Waals surface area contributed by atoms with Crippen LogP contribution in [0.5, 0.6) is 0 Å². The van der Waals surface area contributed by atoms with Crippen LogP contribution in [0, 0.1) is 13.8 Å². The van der Waals surface area contributed by atoms with E-state index >= 15 is 0 Å². The van der Waals surface area contributed by atoms with E-state index in [2.05, 4.69) is 20.6 Å². The van der Waals surface area contributed by atoms with Crippen LogP contribution in [-0.4, -0.2) is 37.1 Å². The second-order valence-electron chi connectivity index (χ2n) is 6.97. The van der Waals surface area contributed by atoms with Crippen molar-refractivity contribution in [2.75, 3.05) is 25.0 Å². The number of alkyl halides is 3. The topological polar surface area (TPSA) is 65.7 Å². The second kappa shape index (κ2) is 8.52. The highest BCUT2D eigenvalue weighted by Crippen LogP contribution is 2.34. The van der Waals surface area contributed by atoms with Gasteiger partial charge in [-0.2, -0.15) is 13.2 Å². The van der Waals surface area contributed by atoms with E-state index in [0.29, 0.717) is 31.4 Å². The molecule has 1 aliphatic rings. The van der Waals surface area contributed by atoms with Crippen molar-refractivity contribution in [3.05, 3.63) is 46.0 Å². The summed E-state index contributed by atoms with van der Waals surface area (Å²) in [4.78, 5) is 10.0. The van der Waals surface area contributed by atoms with Crippen molar-refractivity contribution in [2.24, 2.45) is 4.99 Å². The highest BCUT2D eigenvalue weighted by atomic mass is 35.5. The minimum atomic E-state index is -4.46. The van der Waals surface area contributed by atoms with Crippen molar-refractivity contribution in [1.29, 1.82) is 0 Å². The third-order valence-corrected chi connectivity index (χ3v) is 5.07. The van der Waals surface area contributed by atoms with Crippen molar-refractivity contribution in [2.45, 2.75) is 39.0 Å². The summed E-state index contributed by atoms with van der Waals surface area (Å²) in [5.74, 6) is 2.72. The molecule has 2 aromatic rings. The van der Waals surface area contributed by atoms with Crippen LogP contribution >= 0.6 is 11.6 Å². The first-order valence-electron chi connectivity index (χ1n) is 9.18. The largest absolute Gasteiger partial charge is 0.466 e. The lowest BCUT2D eigenvalue weighted by Gasteiger charge is -2.21. The van der Waals surface area contributed by atoms with E-state index in [4.69, 9.17) is 16.0 Å². The van der Waals surface area contributed by atoms with Gasteiger partial charge in [-0.25, -0.2) is 4.98 Å². The lowest BCUT2D eigenvalue weighted by atomic mass is 10.2. The molecular weight excluding hydrogens is 407 g/mol. The predicted octanol–water partition coefficient (Wildman–Crippen LogP) is 3.91. The predicted molar refractivity (Wildman–Crippen MR) is 106 cm³/mol. The van der Waals surface area contributed by atoms with Crippen molar-refractivity contribution in [1.82, 2.24) is 15.6 Å². The standard InChI is InChI=1S/C19H23ClF3N5O/c1-11-6-13(12(2)29-11)8-26-18(24-3)27-15-4-5-28(10-15)17-16(20)7-14(9-25-17)19(21,22)23/h6-7,9,15H,4-5,8,10H2,1-3H3,(H2,24,26,27). The SMILES string of the molecule is CN=C(NCc1cc(C)oc1C)NC1CCN(c2ncc(C(F)(F)F)cc2Cl)C1. The number of anilines is 1. The Morgan fingerprint density at radius 2 is 2.14 bits per heavy atom. The number of rotatable bonds is 4. The summed E-state index contributed by atoms with van der Waals surface area (Å²) < 4.78 is 43.9. The zero-order valence-corrected chi connectivity index (χ0v) is 17.2. The average molecular weight is 430 g/mol. The van der Waals surface area contributed by atoms with Crippen LogP contribution in [0.15, 0.2) is 27.7 Å². The van der Waals surface area contributed by atoms with Crippen LogP contribution in [0.3, 0.4) is 0 Å². The van der Waals surface area contributed by atoms with E-state index in [1.54, 1.807) is 7.05 Å². The van der Waals surface area contributed by atoms with E-state index in [-0.39, 0.29) is 11.1 Å². The van der Waals surface area contributed by atoms with Gasteiger partial charge in [0.2, 0.25) is 0 Å². The molecule has 6 nitrogen and oxygen atoms in total. The zero-order chi connectivity index (χ0) is 21.2. The van der Waals surface area contributed by atoms with Gasteiger partial charge in [0.15, 0.2) is 5.96 Å². The van der Waals surface area contributed by atoms with E-state index in [1.165, 1.54) is 0 Å². The molecule has 1 aliphatic heterocycles. The number of nitrogens with zero attached hydrogens (tertiary/aromatic N) is 3. The summed E-state index contributed by atoms with van der Waals surface area (Å²) in [6, 6.07) is 2.96. The molecule has 0 bridgehead atoms. The molecule has 0 amide bonds. The molecule has 158 valence electrons. The molecule has 1 atom stereocenters. The smallest absolute Gasteiger partial charge is 0.417 e. The summed E-state index contributed by atoms with van der Waals surface area (Å²) >= 11 is 6.06. The van der Waals surface area contributed by atoms with Gasteiger partial charge >= 0.3 is 6.18 Å². The van der Waals surface area contributed by atoms with Gasteiger partial charge in [0.25, 0.3) is 0 Å². The maximum Gasteiger partial charge on any atom is 0.417 e. The van der Waals surface area contributed by atoms with Crippen molar-refractivity contribution < 1.29 is 17.6 Å². The molecular formula is C19H23ClF3N5O. The van der Waals surface area contributed by atoms with Crippen molar-refractivity contribution in [3.8, 4) is 0 Å². The van der Waals surface area contributed by atoms with Crippen LogP contribution in [0.2, 0.25) is 5.02 Å². The number of hydrogen-bond donors (Lipinski definition) is 2. The van der Waals surface area contributed by atoms with Gasteiger partial charge < -0.3 is 20.0 Å². The van der Waals surface area contributed by atoms with E-state index in [9.17, 15) is 13.2 Å². The second-order valence-corrected chi connectivity index (χ2v) is 7.37. The Morgan fingerprint density at radius 3 is 2.72 bits per heavy atom. The van der Waals surface area contributed by atoms with Gasteiger partial charge in [0.05, 0.1) is 10.6 Å². The first kappa shape index (κ1) is 21.3. The molecule has 1 saturated heterocycles. The van der Waals surface area contributed by atoms with Gasteiger partial charge in [0, 0.05) is 44.5 Å². The van der Waals surface area contributed by atoms with Crippen LogP contribution in [0.25, 0.3) is 0 Å². The van der Waals surface area contributed by atoms with E-state index in [0.717, 1.165) is 35.8 Å². The van der Waals surface area contributed by atoms with Crippen LogP contribution in [0.1, 0.15) is 29.1 Å². The molecule has 29 heavy (non-hydrogen) atoms.